The number of carbonyl (C=O) groups is 5. The van der Waals surface area contributed by atoms with Crippen LogP contribution in [0.15, 0.2) is 0 Å². The van der Waals surface area contributed by atoms with Crippen molar-refractivity contribution in [1.82, 2.24) is 0 Å². The van der Waals surface area contributed by atoms with E-state index in [2.05, 4.69) is 0 Å². The standard InChI is InChI=1S/C35H46O14/c1-11-18-21(33(7)34(8,42)30(41)49-35(33)27(11)48-35)23(40)19-17-20(26(44-12(2)36)29(32(18,19)6)46-14(4)38)31(5)15(24(43-9)22(17)39)10-16-25(47-16)28(31)45-13(3)37/h11,15-21,23-29,40,42H,10H2,1-9H3/t11-,15+,16-,17-,18-,19+,20+,21-,23+,24?,25-,26-,27+,28-,29-,31-,32+,33-,34+,35-/m0/s1. The minimum Gasteiger partial charge on any atom is -0.459 e. The molecule has 49 heavy (non-hydrogen) atoms. The number of rotatable bonds is 4. The molecule has 0 amide bonds. The van der Waals surface area contributed by atoms with Gasteiger partial charge < -0.3 is 43.4 Å². The van der Waals surface area contributed by atoms with Crippen LogP contribution in [-0.4, -0.2) is 107 Å². The van der Waals surface area contributed by atoms with E-state index in [1.54, 1.807) is 6.92 Å². The van der Waals surface area contributed by atoms with Crippen molar-refractivity contribution in [2.24, 2.45) is 57.7 Å². The minimum atomic E-state index is -2.09. The smallest absolute Gasteiger partial charge is 0.341 e. The Morgan fingerprint density at radius 1 is 0.857 bits per heavy atom. The van der Waals surface area contributed by atoms with Gasteiger partial charge in [0.15, 0.2) is 11.4 Å². The van der Waals surface area contributed by atoms with E-state index in [9.17, 15) is 29.4 Å². The number of carbonyl (C=O) groups excluding carboxylic acids is 5. The van der Waals surface area contributed by atoms with Crippen LogP contribution in [0.4, 0.5) is 0 Å². The molecule has 1 unspecified atom stereocenters. The van der Waals surface area contributed by atoms with Crippen molar-refractivity contribution in [3.8, 4) is 0 Å². The molecule has 8 rings (SSSR count). The quantitative estimate of drug-likeness (QED) is 0.238. The molecule has 5 aliphatic carbocycles. The molecule has 14 heteroatoms. The molecule has 3 heterocycles. The zero-order valence-corrected chi connectivity index (χ0v) is 29.2. The van der Waals surface area contributed by atoms with Crippen molar-refractivity contribution in [1.29, 1.82) is 0 Å². The number of fused-ring (bicyclic) bond motifs is 9. The van der Waals surface area contributed by atoms with Gasteiger partial charge >= 0.3 is 23.9 Å². The molecule has 0 aromatic heterocycles. The number of esters is 4. The van der Waals surface area contributed by atoms with E-state index in [1.165, 1.54) is 34.8 Å². The monoisotopic (exact) mass is 690 g/mol. The molecule has 1 spiro atoms. The molecular weight excluding hydrogens is 644 g/mol. The highest BCUT2D eigenvalue weighted by atomic mass is 16.8. The lowest BCUT2D eigenvalue weighted by atomic mass is 9.41. The van der Waals surface area contributed by atoms with Crippen molar-refractivity contribution >= 4 is 29.7 Å². The molecule has 8 aliphatic rings. The van der Waals surface area contributed by atoms with Gasteiger partial charge in [-0.2, -0.15) is 0 Å². The molecule has 2 N–H and O–H groups in total. The SMILES string of the molecule is COC1C(=O)[C@H]2[C@@H]3[C@@H](O)[C@@H]4[C@H]([C@H](C)[C@H]5O[C@]56OC(=O)[C@@](C)(O)[C@]46C)[C@@]3(C)[C@@H](OC(C)=O)[C@@H](OC(C)=O)[C@@H]2[C@]2(C)[C@@H]1C[C@@H]1O[C@@H]1[C@@H]2OC(C)=O. The highest BCUT2D eigenvalue weighted by Gasteiger charge is 2.93. The highest BCUT2D eigenvalue weighted by Crippen LogP contribution is 2.80. The highest BCUT2D eigenvalue weighted by molar-refractivity contribution is 5.89. The molecule has 8 fully saturated rings. The molecule has 5 saturated carbocycles. The summed E-state index contributed by atoms with van der Waals surface area (Å²) >= 11 is 0. The Kier molecular flexibility index (Phi) is 6.71. The number of hydrogen-bond donors (Lipinski definition) is 2. The number of ketones is 1. The van der Waals surface area contributed by atoms with Gasteiger partial charge in [-0.25, -0.2) is 4.79 Å². The fourth-order valence-corrected chi connectivity index (χ4v) is 13.1. The molecule has 3 aliphatic heterocycles. The Hall–Kier alpha value is -2.65. The summed E-state index contributed by atoms with van der Waals surface area (Å²) in [5, 5.41) is 24.8. The summed E-state index contributed by atoms with van der Waals surface area (Å²) < 4.78 is 42.5. The Morgan fingerprint density at radius 2 is 1.47 bits per heavy atom. The fourth-order valence-electron chi connectivity index (χ4n) is 13.1. The van der Waals surface area contributed by atoms with Crippen molar-refractivity contribution in [2.75, 3.05) is 7.11 Å². The Morgan fingerprint density at radius 3 is 2.06 bits per heavy atom. The maximum atomic E-state index is 15.1. The predicted molar refractivity (Wildman–Crippen MR) is 160 cm³/mol. The van der Waals surface area contributed by atoms with Crippen molar-refractivity contribution in [2.45, 2.75) is 122 Å². The number of ether oxygens (including phenoxy) is 7. The van der Waals surface area contributed by atoms with Crippen molar-refractivity contribution in [3.63, 3.8) is 0 Å². The van der Waals surface area contributed by atoms with Crippen LogP contribution < -0.4 is 0 Å². The first-order valence-electron chi connectivity index (χ1n) is 17.3. The van der Waals surface area contributed by atoms with Crippen LogP contribution in [0.5, 0.6) is 0 Å². The zero-order valence-electron chi connectivity index (χ0n) is 29.2. The Bertz CT molecular complexity index is 1560. The third-order valence-electron chi connectivity index (χ3n) is 15.0. The third-order valence-corrected chi connectivity index (χ3v) is 15.0. The first-order chi connectivity index (χ1) is 22.8. The lowest BCUT2D eigenvalue weighted by Gasteiger charge is -2.65. The van der Waals surface area contributed by atoms with Gasteiger partial charge in [0.2, 0.25) is 5.79 Å². The molecule has 3 saturated heterocycles. The van der Waals surface area contributed by atoms with E-state index in [-0.39, 0.29) is 11.9 Å². The summed E-state index contributed by atoms with van der Waals surface area (Å²) in [7, 11) is 1.44. The Balaban J connectivity index is 1.39. The summed E-state index contributed by atoms with van der Waals surface area (Å²) in [6.07, 6.45) is -6.67. The molecule has 20 atom stereocenters. The van der Waals surface area contributed by atoms with E-state index < -0.39 is 136 Å². The van der Waals surface area contributed by atoms with E-state index in [0.717, 1.165) is 0 Å². The number of epoxide rings is 2. The minimum absolute atomic E-state index is 0.277. The van der Waals surface area contributed by atoms with Crippen LogP contribution in [0.25, 0.3) is 0 Å². The van der Waals surface area contributed by atoms with Gasteiger partial charge in [0.25, 0.3) is 0 Å². The van der Waals surface area contributed by atoms with E-state index in [4.69, 9.17) is 33.2 Å². The summed E-state index contributed by atoms with van der Waals surface area (Å²) in [4.78, 5) is 67.2. The molecular formula is C35H46O14. The van der Waals surface area contributed by atoms with E-state index in [0.29, 0.717) is 6.42 Å². The van der Waals surface area contributed by atoms with Crippen LogP contribution in [0.2, 0.25) is 0 Å². The Labute approximate surface area is 283 Å². The molecule has 270 valence electrons. The maximum Gasteiger partial charge on any atom is 0.341 e. The lowest BCUT2D eigenvalue weighted by molar-refractivity contribution is -0.268. The normalized spacial score (nSPS) is 58.6. The zero-order chi connectivity index (χ0) is 35.7. The van der Waals surface area contributed by atoms with Crippen LogP contribution in [0.3, 0.4) is 0 Å². The average Bonchev–Trinajstić information content (AvgIpc) is 3.90. The topological polar surface area (TPSA) is 197 Å². The van der Waals surface area contributed by atoms with Gasteiger partial charge in [0, 0.05) is 68.3 Å². The van der Waals surface area contributed by atoms with Gasteiger partial charge in [0.05, 0.1) is 17.6 Å². The first kappa shape index (κ1) is 33.5. The van der Waals surface area contributed by atoms with E-state index in [1.807, 2.05) is 20.8 Å². The molecule has 0 bridgehead atoms. The number of methoxy groups -OCH3 is 1. The summed E-state index contributed by atoms with van der Waals surface area (Å²) in [6.45, 7) is 12.4. The molecule has 0 aromatic rings. The van der Waals surface area contributed by atoms with Gasteiger partial charge in [0.1, 0.15) is 36.6 Å². The second kappa shape index (κ2) is 9.81. The van der Waals surface area contributed by atoms with Crippen LogP contribution in [0, 0.1) is 57.7 Å². The second-order valence-corrected chi connectivity index (χ2v) is 16.8. The lowest BCUT2D eigenvalue weighted by Crippen LogP contribution is -2.74. The first-order valence-corrected chi connectivity index (χ1v) is 17.3. The number of hydrogen-bond acceptors (Lipinski definition) is 14. The van der Waals surface area contributed by atoms with Crippen molar-refractivity contribution in [3.05, 3.63) is 0 Å². The van der Waals surface area contributed by atoms with Crippen LogP contribution >= 0.6 is 0 Å². The fraction of sp³-hybridized carbons (Fsp3) is 0.857. The van der Waals surface area contributed by atoms with Gasteiger partial charge in [-0.1, -0.05) is 20.8 Å². The molecule has 14 nitrogen and oxygen atoms in total. The summed E-state index contributed by atoms with van der Waals surface area (Å²) in [5.74, 6) is -10.1. The summed E-state index contributed by atoms with van der Waals surface area (Å²) in [5.41, 5.74) is -5.99. The summed E-state index contributed by atoms with van der Waals surface area (Å²) in [6, 6.07) is 0. The number of Topliss-reactive ketones (excluding diaryl/α,β-unsaturated/α-hetero) is 1. The number of aliphatic hydroxyl groups is 2. The maximum absolute atomic E-state index is 15.1. The largest absolute Gasteiger partial charge is 0.459 e. The molecule has 0 aromatic carbocycles. The third kappa shape index (κ3) is 3.62. The van der Waals surface area contributed by atoms with Gasteiger partial charge in [-0.3, -0.25) is 19.2 Å². The predicted octanol–water partition coefficient (Wildman–Crippen LogP) is 0.707. The van der Waals surface area contributed by atoms with Crippen LogP contribution in [-0.2, 0) is 57.1 Å². The van der Waals surface area contributed by atoms with E-state index >= 15 is 4.79 Å². The van der Waals surface area contributed by atoms with Crippen molar-refractivity contribution < 1.29 is 67.3 Å². The number of aliphatic hydroxyl groups excluding tert-OH is 1. The average molecular weight is 691 g/mol. The van der Waals surface area contributed by atoms with Gasteiger partial charge in [-0.15, -0.1) is 0 Å². The van der Waals surface area contributed by atoms with Crippen LogP contribution in [0.1, 0.15) is 61.8 Å². The molecule has 0 radical (unpaired) electrons. The second-order valence-electron chi connectivity index (χ2n) is 16.8. The van der Waals surface area contributed by atoms with Gasteiger partial charge in [-0.05, 0) is 32.1 Å².